The Balaban J connectivity index is 1.72. The summed E-state index contributed by atoms with van der Waals surface area (Å²) in [4.78, 5) is 0. The highest BCUT2D eigenvalue weighted by Gasteiger charge is 2.33. The zero-order chi connectivity index (χ0) is 13.9. The van der Waals surface area contributed by atoms with E-state index >= 15 is 0 Å². The second-order valence-corrected chi connectivity index (χ2v) is 8.56. The van der Waals surface area contributed by atoms with Gasteiger partial charge in [0.05, 0.1) is 0 Å². The Hall–Kier alpha value is 0.310. The van der Waals surface area contributed by atoms with Crippen LogP contribution in [0, 0.1) is 11.3 Å². The van der Waals surface area contributed by atoms with E-state index in [1.807, 2.05) is 0 Å². The average molecular weight is 284 g/mol. The number of hydrogen-bond acceptors (Lipinski definition) is 2. The van der Waals surface area contributed by atoms with Gasteiger partial charge in [0.1, 0.15) is 0 Å². The molecule has 0 bridgehead atoms. The standard InChI is InChI=1S/C17H33NS/c1-5-17(2,3)13-6-8-14(9-7-13)18-15-10-11-16(12-15)19-4/h13-16,18H,5-12H2,1-4H3. The van der Waals surface area contributed by atoms with Crippen molar-refractivity contribution in [1.82, 2.24) is 5.32 Å². The molecule has 0 amide bonds. The van der Waals surface area contributed by atoms with E-state index in [0.717, 1.165) is 23.3 Å². The van der Waals surface area contributed by atoms with Crippen molar-refractivity contribution in [3.05, 3.63) is 0 Å². The fourth-order valence-electron chi connectivity index (χ4n) is 3.97. The molecule has 2 aliphatic rings. The van der Waals surface area contributed by atoms with Crippen molar-refractivity contribution >= 4 is 11.8 Å². The van der Waals surface area contributed by atoms with Crippen molar-refractivity contribution in [3.8, 4) is 0 Å². The lowest BCUT2D eigenvalue weighted by atomic mass is 9.69. The van der Waals surface area contributed by atoms with E-state index in [9.17, 15) is 0 Å². The Kier molecular flexibility index (Phi) is 5.65. The monoisotopic (exact) mass is 283 g/mol. The largest absolute Gasteiger partial charge is 0.311 e. The SMILES string of the molecule is CCC(C)(C)C1CCC(NC2CCC(SC)C2)CC1. The molecule has 2 unspecified atom stereocenters. The maximum atomic E-state index is 3.96. The summed E-state index contributed by atoms with van der Waals surface area (Å²) in [6, 6.07) is 1.63. The van der Waals surface area contributed by atoms with E-state index < -0.39 is 0 Å². The Morgan fingerprint density at radius 1 is 1.00 bits per heavy atom. The summed E-state index contributed by atoms with van der Waals surface area (Å²) in [6.45, 7) is 7.28. The first-order chi connectivity index (χ1) is 9.05. The predicted octanol–water partition coefficient (Wildman–Crippen LogP) is 4.86. The van der Waals surface area contributed by atoms with Crippen molar-refractivity contribution in [2.45, 2.75) is 89.5 Å². The molecule has 0 aromatic carbocycles. The first kappa shape index (κ1) is 15.7. The van der Waals surface area contributed by atoms with Gasteiger partial charge in [0.15, 0.2) is 0 Å². The van der Waals surface area contributed by atoms with Gasteiger partial charge in [0, 0.05) is 17.3 Å². The third-order valence-electron chi connectivity index (χ3n) is 5.93. The summed E-state index contributed by atoms with van der Waals surface area (Å²) >= 11 is 2.06. The molecule has 0 saturated heterocycles. The number of nitrogens with one attached hydrogen (secondary N) is 1. The molecule has 0 aromatic rings. The van der Waals surface area contributed by atoms with Crippen molar-refractivity contribution in [2.24, 2.45) is 11.3 Å². The first-order valence-electron chi connectivity index (χ1n) is 8.34. The molecular weight excluding hydrogens is 250 g/mol. The zero-order valence-electron chi connectivity index (χ0n) is 13.4. The molecule has 112 valence electrons. The van der Waals surface area contributed by atoms with Gasteiger partial charge >= 0.3 is 0 Å². The fourth-order valence-corrected chi connectivity index (χ4v) is 4.77. The van der Waals surface area contributed by atoms with Gasteiger partial charge < -0.3 is 5.32 Å². The van der Waals surface area contributed by atoms with Crippen molar-refractivity contribution in [2.75, 3.05) is 6.26 Å². The predicted molar refractivity (Wildman–Crippen MR) is 87.9 cm³/mol. The topological polar surface area (TPSA) is 12.0 Å². The summed E-state index contributed by atoms with van der Waals surface area (Å²) in [5.41, 5.74) is 0.558. The van der Waals surface area contributed by atoms with Crippen LogP contribution in [0.3, 0.4) is 0 Å². The highest BCUT2D eigenvalue weighted by Crippen LogP contribution is 2.40. The lowest BCUT2D eigenvalue weighted by molar-refractivity contribution is 0.134. The molecule has 1 N–H and O–H groups in total. The second-order valence-electron chi connectivity index (χ2n) is 7.43. The van der Waals surface area contributed by atoms with Gasteiger partial charge in [-0.25, -0.2) is 0 Å². The van der Waals surface area contributed by atoms with Crippen LogP contribution in [0.1, 0.15) is 72.1 Å². The van der Waals surface area contributed by atoms with Crippen LogP contribution < -0.4 is 5.32 Å². The third kappa shape index (κ3) is 4.14. The summed E-state index contributed by atoms with van der Waals surface area (Å²) in [5, 5.41) is 4.88. The van der Waals surface area contributed by atoms with E-state index in [2.05, 4.69) is 44.1 Å². The van der Waals surface area contributed by atoms with Gasteiger partial charge in [0.25, 0.3) is 0 Å². The van der Waals surface area contributed by atoms with E-state index in [1.54, 1.807) is 0 Å². The highest BCUT2D eigenvalue weighted by atomic mass is 32.2. The lowest BCUT2D eigenvalue weighted by Gasteiger charge is -2.39. The van der Waals surface area contributed by atoms with Crippen LogP contribution in [0.4, 0.5) is 0 Å². The summed E-state index contributed by atoms with van der Waals surface area (Å²) < 4.78 is 0. The van der Waals surface area contributed by atoms with Gasteiger partial charge in [-0.1, -0.05) is 27.2 Å². The minimum absolute atomic E-state index is 0.558. The lowest BCUT2D eigenvalue weighted by Crippen LogP contribution is -2.41. The summed E-state index contributed by atoms with van der Waals surface area (Å²) in [5.74, 6) is 0.957. The second kappa shape index (κ2) is 6.85. The Labute approximate surface area is 124 Å². The van der Waals surface area contributed by atoms with Crippen molar-refractivity contribution in [1.29, 1.82) is 0 Å². The van der Waals surface area contributed by atoms with Crippen LogP contribution in [0.2, 0.25) is 0 Å². The fraction of sp³-hybridized carbons (Fsp3) is 1.00. The van der Waals surface area contributed by atoms with Crippen LogP contribution in [0.5, 0.6) is 0 Å². The van der Waals surface area contributed by atoms with E-state index in [0.29, 0.717) is 5.41 Å². The molecule has 2 atom stereocenters. The summed E-state index contributed by atoms with van der Waals surface area (Å²) in [6.07, 6.45) is 13.5. The molecule has 0 radical (unpaired) electrons. The molecule has 19 heavy (non-hydrogen) atoms. The van der Waals surface area contributed by atoms with Crippen LogP contribution in [-0.4, -0.2) is 23.6 Å². The molecular formula is C17H33NS. The Bertz CT molecular complexity index is 268. The number of hydrogen-bond donors (Lipinski definition) is 1. The molecule has 0 aromatic heterocycles. The third-order valence-corrected chi connectivity index (χ3v) is 7.03. The van der Waals surface area contributed by atoms with E-state index in [-0.39, 0.29) is 0 Å². The van der Waals surface area contributed by atoms with Crippen LogP contribution in [-0.2, 0) is 0 Å². The van der Waals surface area contributed by atoms with Gasteiger partial charge in [0.2, 0.25) is 0 Å². The minimum Gasteiger partial charge on any atom is -0.311 e. The Morgan fingerprint density at radius 2 is 1.63 bits per heavy atom. The quantitative estimate of drug-likeness (QED) is 0.773. The molecule has 0 aliphatic heterocycles. The normalized spacial score (nSPS) is 36.6. The van der Waals surface area contributed by atoms with Crippen molar-refractivity contribution < 1.29 is 0 Å². The van der Waals surface area contributed by atoms with Gasteiger partial charge in [-0.3, -0.25) is 0 Å². The number of rotatable bonds is 5. The van der Waals surface area contributed by atoms with Gasteiger partial charge in [-0.2, -0.15) is 11.8 Å². The molecule has 2 fully saturated rings. The van der Waals surface area contributed by atoms with Crippen molar-refractivity contribution in [3.63, 3.8) is 0 Å². The molecule has 2 saturated carbocycles. The van der Waals surface area contributed by atoms with Crippen LogP contribution in [0.25, 0.3) is 0 Å². The maximum Gasteiger partial charge on any atom is 0.00805 e. The highest BCUT2D eigenvalue weighted by molar-refractivity contribution is 7.99. The van der Waals surface area contributed by atoms with E-state index in [4.69, 9.17) is 0 Å². The van der Waals surface area contributed by atoms with Crippen LogP contribution in [0.15, 0.2) is 0 Å². The molecule has 2 heteroatoms. The minimum atomic E-state index is 0.558. The molecule has 0 heterocycles. The van der Waals surface area contributed by atoms with E-state index in [1.165, 1.54) is 51.4 Å². The number of thioether (sulfide) groups is 1. The molecule has 2 aliphatic carbocycles. The molecule has 1 nitrogen and oxygen atoms in total. The first-order valence-corrected chi connectivity index (χ1v) is 9.62. The maximum absolute atomic E-state index is 3.96. The summed E-state index contributed by atoms with van der Waals surface area (Å²) in [7, 11) is 0. The molecule has 0 spiro atoms. The average Bonchev–Trinajstić information content (AvgIpc) is 2.87. The van der Waals surface area contributed by atoms with Crippen LogP contribution >= 0.6 is 11.8 Å². The Morgan fingerprint density at radius 3 is 2.16 bits per heavy atom. The molecule has 2 rings (SSSR count). The van der Waals surface area contributed by atoms with Gasteiger partial charge in [-0.05, 0) is 62.5 Å². The van der Waals surface area contributed by atoms with Gasteiger partial charge in [-0.15, -0.1) is 0 Å². The smallest absolute Gasteiger partial charge is 0.00805 e. The zero-order valence-corrected chi connectivity index (χ0v) is 14.2.